The van der Waals surface area contributed by atoms with Crippen LogP contribution in [0.15, 0.2) is 54.6 Å². The van der Waals surface area contributed by atoms with E-state index in [-0.39, 0.29) is 18.3 Å². The number of rotatable bonds is 8. The summed E-state index contributed by atoms with van der Waals surface area (Å²) in [5.41, 5.74) is 3.38. The number of anilines is 1. The molecule has 3 rings (SSSR count). The van der Waals surface area contributed by atoms with Gasteiger partial charge in [-0.3, -0.25) is 9.59 Å². The van der Waals surface area contributed by atoms with Gasteiger partial charge in [-0.05, 0) is 56.7 Å². The molecule has 0 bridgehead atoms. The average molecular weight is 419 g/mol. The first-order valence-corrected chi connectivity index (χ1v) is 10.1. The third-order valence-corrected chi connectivity index (χ3v) is 4.80. The summed E-state index contributed by atoms with van der Waals surface area (Å²) < 4.78 is 6.95. The van der Waals surface area contributed by atoms with E-state index in [0.29, 0.717) is 34.6 Å². The molecule has 160 valence electrons. The van der Waals surface area contributed by atoms with Crippen molar-refractivity contribution in [2.75, 3.05) is 11.9 Å². The number of benzene rings is 2. The van der Waals surface area contributed by atoms with Crippen LogP contribution in [0.3, 0.4) is 0 Å². The highest BCUT2D eigenvalue weighted by molar-refractivity contribution is 6.00. The summed E-state index contributed by atoms with van der Waals surface area (Å²) in [7, 11) is 0. The quantitative estimate of drug-likeness (QED) is 0.435. The number of aryl methyl sites for hydroxylation is 1. The molecule has 2 aromatic carbocycles. The van der Waals surface area contributed by atoms with Crippen LogP contribution in [-0.2, 0) is 9.53 Å². The number of esters is 1. The molecule has 0 unspecified atom stereocenters. The topological polar surface area (TPSA) is 90.3 Å². The van der Waals surface area contributed by atoms with E-state index in [1.807, 2.05) is 37.3 Å². The maximum absolute atomic E-state index is 12.6. The van der Waals surface area contributed by atoms with E-state index in [9.17, 15) is 14.4 Å². The van der Waals surface area contributed by atoms with Gasteiger partial charge in [0.2, 0.25) is 5.91 Å². The predicted molar refractivity (Wildman–Crippen MR) is 118 cm³/mol. The summed E-state index contributed by atoms with van der Waals surface area (Å²) in [6, 6.07) is 16.0. The van der Waals surface area contributed by atoms with Crippen LogP contribution in [0.5, 0.6) is 0 Å². The number of hydrogen-bond acceptors (Lipinski definition) is 5. The Bertz CT molecular complexity index is 1090. The van der Waals surface area contributed by atoms with Gasteiger partial charge in [0.1, 0.15) is 5.56 Å². The van der Waals surface area contributed by atoms with Crippen molar-refractivity contribution >= 4 is 23.3 Å². The van der Waals surface area contributed by atoms with Gasteiger partial charge in [0.05, 0.1) is 17.1 Å². The monoisotopic (exact) mass is 419 g/mol. The number of ketones is 1. The Balaban J connectivity index is 1.64. The fourth-order valence-corrected chi connectivity index (χ4v) is 3.24. The minimum absolute atomic E-state index is 0.0719. The lowest BCUT2D eigenvalue weighted by Crippen LogP contribution is -2.16. The number of carbonyl (C=O) groups excluding carboxylic acids is 3. The van der Waals surface area contributed by atoms with Crippen LogP contribution in [0.25, 0.3) is 5.69 Å². The van der Waals surface area contributed by atoms with E-state index in [4.69, 9.17) is 4.74 Å². The van der Waals surface area contributed by atoms with Crippen molar-refractivity contribution in [1.82, 2.24) is 9.78 Å². The van der Waals surface area contributed by atoms with Gasteiger partial charge in [0, 0.05) is 17.7 Å². The van der Waals surface area contributed by atoms with Crippen molar-refractivity contribution in [2.45, 2.75) is 33.6 Å². The standard InChI is InChI=1S/C24H25N3O4/c1-4-8-22(29)25-19-13-11-18(12-14-19)21(28)15-31-24(30)23-16(2)26-27(17(23)3)20-9-6-5-7-10-20/h5-7,9-14H,4,8,15H2,1-3H3,(H,25,29). The van der Waals surface area contributed by atoms with Gasteiger partial charge >= 0.3 is 5.97 Å². The Hall–Kier alpha value is -3.74. The number of hydrogen-bond donors (Lipinski definition) is 1. The van der Waals surface area contributed by atoms with Crippen molar-refractivity contribution in [3.8, 4) is 5.69 Å². The fraction of sp³-hybridized carbons (Fsp3) is 0.250. The second-order valence-electron chi connectivity index (χ2n) is 7.17. The minimum atomic E-state index is -0.589. The lowest BCUT2D eigenvalue weighted by atomic mass is 10.1. The van der Waals surface area contributed by atoms with Crippen molar-refractivity contribution < 1.29 is 19.1 Å². The van der Waals surface area contributed by atoms with Gasteiger partial charge in [-0.2, -0.15) is 5.10 Å². The van der Waals surface area contributed by atoms with Crippen LogP contribution in [0, 0.1) is 13.8 Å². The number of ether oxygens (including phenoxy) is 1. The van der Waals surface area contributed by atoms with Gasteiger partial charge in [-0.25, -0.2) is 9.48 Å². The molecule has 0 aliphatic heterocycles. The molecule has 1 aromatic heterocycles. The van der Waals surface area contributed by atoms with Gasteiger partial charge < -0.3 is 10.1 Å². The van der Waals surface area contributed by atoms with Gasteiger partial charge in [-0.15, -0.1) is 0 Å². The molecule has 0 aliphatic rings. The summed E-state index contributed by atoms with van der Waals surface area (Å²) in [5.74, 6) is -0.989. The first-order chi connectivity index (χ1) is 14.9. The van der Waals surface area contributed by atoms with E-state index >= 15 is 0 Å². The van der Waals surface area contributed by atoms with Crippen LogP contribution in [0.1, 0.15) is 51.9 Å². The normalized spacial score (nSPS) is 10.5. The van der Waals surface area contributed by atoms with Gasteiger partial charge in [0.15, 0.2) is 12.4 Å². The highest BCUT2D eigenvalue weighted by Crippen LogP contribution is 2.19. The second kappa shape index (κ2) is 9.84. The summed E-state index contributed by atoms with van der Waals surface area (Å²) in [5, 5.41) is 7.19. The lowest BCUT2D eigenvalue weighted by Gasteiger charge is -2.07. The fourth-order valence-electron chi connectivity index (χ4n) is 3.24. The van der Waals surface area contributed by atoms with Crippen molar-refractivity contribution in [3.63, 3.8) is 0 Å². The van der Waals surface area contributed by atoms with Crippen LogP contribution < -0.4 is 5.32 Å². The Labute approximate surface area is 181 Å². The Morgan fingerprint density at radius 3 is 2.32 bits per heavy atom. The van der Waals surface area contributed by atoms with Crippen LogP contribution in [0.4, 0.5) is 5.69 Å². The number of aromatic nitrogens is 2. The third kappa shape index (κ3) is 5.25. The molecule has 1 N–H and O–H groups in total. The molecule has 0 spiro atoms. The number of para-hydroxylation sites is 1. The average Bonchev–Trinajstić information content (AvgIpc) is 3.07. The van der Waals surface area contributed by atoms with Crippen LogP contribution >= 0.6 is 0 Å². The first-order valence-electron chi connectivity index (χ1n) is 10.1. The Kier molecular flexibility index (Phi) is 6.97. The van der Waals surface area contributed by atoms with Crippen molar-refractivity contribution in [2.24, 2.45) is 0 Å². The van der Waals surface area contributed by atoms with Gasteiger partial charge in [0.25, 0.3) is 0 Å². The minimum Gasteiger partial charge on any atom is -0.454 e. The molecule has 1 amide bonds. The number of carbonyl (C=O) groups is 3. The Morgan fingerprint density at radius 1 is 1.00 bits per heavy atom. The highest BCUT2D eigenvalue weighted by atomic mass is 16.5. The zero-order valence-corrected chi connectivity index (χ0v) is 17.8. The van der Waals surface area contributed by atoms with Crippen LogP contribution in [-0.4, -0.2) is 34.0 Å². The molecular formula is C24H25N3O4. The molecule has 0 fully saturated rings. The van der Waals surface area contributed by atoms with E-state index < -0.39 is 5.97 Å². The maximum atomic E-state index is 12.6. The maximum Gasteiger partial charge on any atom is 0.342 e. The highest BCUT2D eigenvalue weighted by Gasteiger charge is 2.21. The second-order valence-corrected chi connectivity index (χ2v) is 7.17. The third-order valence-electron chi connectivity index (χ3n) is 4.80. The van der Waals surface area contributed by atoms with E-state index in [1.54, 1.807) is 42.8 Å². The molecule has 0 radical (unpaired) electrons. The summed E-state index contributed by atoms with van der Waals surface area (Å²) in [4.78, 5) is 36.7. The van der Waals surface area contributed by atoms with Gasteiger partial charge in [-0.1, -0.05) is 25.1 Å². The molecule has 0 atom stereocenters. The number of nitrogens with one attached hydrogen (secondary N) is 1. The van der Waals surface area contributed by atoms with E-state index in [1.165, 1.54) is 0 Å². The zero-order valence-electron chi connectivity index (χ0n) is 17.8. The largest absolute Gasteiger partial charge is 0.454 e. The molecule has 1 heterocycles. The summed E-state index contributed by atoms with van der Waals surface area (Å²) in [6.45, 7) is 5.07. The zero-order chi connectivity index (χ0) is 22.4. The van der Waals surface area contributed by atoms with Crippen LogP contribution in [0.2, 0.25) is 0 Å². The smallest absolute Gasteiger partial charge is 0.342 e. The molecule has 0 saturated carbocycles. The molecule has 0 aliphatic carbocycles. The molecule has 7 heteroatoms. The molecular weight excluding hydrogens is 394 g/mol. The number of Topliss-reactive ketones (excluding diaryl/α,β-unsaturated/α-hetero) is 1. The lowest BCUT2D eigenvalue weighted by molar-refractivity contribution is -0.116. The van der Waals surface area contributed by atoms with Crippen molar-refractivity contribution in [1.29, 1.82) is 0 Å². The molecule has 3 aromatic rings. The van der Waals surface area contributed by atoms with E-state index in [0.717, 1.165) is 12.1 Å². The summed E-state index contributed by atoms with van der Waals surface area (Å²) >= 11 is 0. The number of amides is 1. The van der Waals surface area contributed by atoms with E-state index in [2.05, 4.69) is 10.4 Å². The summed E-state index contributed by atoms with van der Waals surface area (Å²) in [6.07, 6.45) is 1.20. The number of nitrogens with zero attached hydrogens (tertiary/aromatic N) is 2. The molecule has 0 saturated heterocycles. The SMILES string of the molecule is CCCC(=O)Nc1ccc(C(=O)COC(=O)c2c(C)nn(-c3ccccc3)c2C)cc1. The predicted octanol–water partition coefficient (Wildman–Crippen LogP) is 4.27. The Morgan fingerprint density at radius 2 is 1.68 bits per heavy atom. The first kappa shape index (κ1) is 22.0. The molecule has 31 heavy (non-hydrogen) atoms. The van der Waals surface area contributed by atoms with Crippen molar-refractivity contribution in [3.05, 3.63) is 77.1 Å². The molecule has 7 nitrogen and oxygen atoms in total.